The van der Waals surface area contributed by atoms with Crippen molar-refractivity contribution >= 4 is 5.69 Å². The second-order valence-electron chi connectivity index (χ2n) is 6.63. The Morgan fingerprint density at radius 1 is 1.35 bits per heavy atom. The lowest BCUT2D eigenvalue weighted by atomic mass is 9.96. The minimum atomic E-state index is -0.436. The van der Waals surface area contributed by atoms with Crippen molar-refractivity contribution in [1.82, 2.24) is 0 Å². The highest BCUT2D eigenvalue weighted by molar-refractivity contribution is 5.61. The zero-order valence-electron chi connectivity index (χ0n) is 14.2. The third-order valence-corrected chi connectivity index (χ3v) is 4.90. The molecule has 0 saturated carbocycles. The number of benzene rings is 1. The van der Waals surface area contributed by atoms with Crippen LogP contribution < -0.4 is 4.90 Å². The first-order valence-electron chi connectivity index (χ1n) is 9.01. The van der Waals surface area contributed by atoms with Gasteiger partial charge in [0.15, 0.2) is 0 Å². The molecule has 1 saturated heterocycles. The van der Waals surface area contributed by atoms with E-state index >= 15 is 0 Å². The Balaban J connectivity index is 1.58. The lowest BCUT2D eigenvalue weighted by Gasteiger charge is -2.35. The van der Waals surface area contributed by atoms with E-state index in [2.05, 4.69) is 30.0 Å². The van der Waals surface area contributed by atoms with Gasteiger partial charge in [-0.15, -0.1) is 0 Å². The molecule has 0 aliphatic carbocycles. The van der Waals surface area contributed by atoms with Crippen LogP contribution in [0.1, 0.15) is 37.3 Å². The molecule has 3 rings (SSSR count). The molecule has 0 amide bonds. The molecule has 1 aromatic carbocycles. The van der Waals surface area contributed by atoms with Crippen molar-refractivity contribution in [2.24, 2.45) is 0 Å². The Morgan fingerprint density at radius 3 is 2.96 bits per heavy atom. The fourth-order valence-electron chi connectivity index (χ4n) is 3.69. The van der Waals surface area contributed by atoms with E-state index in [9.17, 15) is 5.11 Å². The van der Waals surface area contributed by atoms with E-state index in [1.54, 1.807) is 0 Å². The molecule has 1 fully saturated rings. The van der Waals surface area contributed by atoms with Gasteiger partial charge in [0.1, 0.15) is 0 Å². The van der Waals surface area contributed by atoms with Crippen LogP contribution in [0.3, 0.4) is 0 Å². The minimum absolute atomic E-state index is 0.248. The van der Waals surface area contributed by atoms with Crippen molar-refractivity contribution in [3.63, 3.8) is 0 Å². The SMILES string of the molecule is CCc1cccc2c1N(CC(O)COC1CCOCC1)CCC2. The Kier molecular flexibility index (Phi) is 5.92. The molecule has 128 valence electrons. The minimum Gasteiger partial charge on any atom is -0.389 e. The van der Waals surface area contributed by atoms with Crippen molar-refractivity contribution < 1.29 is 14.6 Å². The Bertz CT molecular complexity index is 485. The number of fused-ring (bicyclic) bond motifs is 1. The number of para-hydroxylation sites is 1. The van der Waals surface area contributed by atoms with Gasteiger partial charge in [0, 0.05) is 32.0 Å². The maximum Gasteiger partial charge on any atom is 0.0948 e. The van der Waals surface area contributed by atoms with E-state index in [4.69, 9.17) is 9.47 Å². The smallest absolute Gasteiger partial charge is 0.0948 e. The predicted octanol–water partition coefficient (Wildman–Crippen LogP) is 2.56. The summed E-state index contributed by atoms with van der Waals surface area (Å²) in [6, 6.07) is 6.60. The Morgan fingerprint density at radius 2 is 2.17 bits per heavy atom. The molecule has 1 unspecified atom stereocenters. The second kappa shape index (κ2) is 8.13. The molecular formula is C19H29NO3. The molecule has 2 heterocycles. The van der Waals surface area contributed by atoms with Gasteiger partial charge in [-0.1, -0.05) is 25.1 Å². The summed E-state index contributed by atoms with van der Waals surface area (Å²) in [5.41, 5.74) is 4.17. The fraction of sp³-hybridized carbons (Fsp3) is 0.684. The monoisotopic (exact) mass is 319 g/mol. The van der Waals surface area contributed by atoms with Crippen molar-refractivity contribution in [3.05, 3.63) is 29.3 Å². The normalized spacial score (nSPS) is 20.3. The van der Waals surface area contributed by atoms with Gasteiger partial charge < -0.3 is 19.5 Å². The molecule has 0 radical (unpaired) electrons. The topological polar surface area (TPSA) is 41.9 Å². The molecule has 1 N–H and O–H groups in total. The Labute approximate surface area is 139 Å². The molecule has 0 bridgehead atoms. The molecule has 0 spiro atoms. The summed E-state index contributed by atoms with van der Waals surface area (Å²) in [6.07, 6.45) is 5.04. The number of aliphatic hydroxyl groups excluding tert-OH is 1. The van der Waals surface area contributed by atoms with E-state index in [1.807, 2.05) is 0 Å². The van der Waals surface area contributed by atoms with Gasteiger partial charge in [-0.25, -0.2) is 0 Å². The average Bonchev–Trinajstić information content (AvgIpc) is 2.60. The van der Waals surface area contributed by atoms with E-state index < -0.39 is 6.10 Å². The van der Waals surface area contributed by atoms with E-state index in [1.165, 1.54) is 16.8 Å². The molecule has 4 nitrogen and oxygen atoms in total. The van der Waals surface area contributed by atoms with Gasteiger partial charge in [0.05, 0.1) is 18.8 Å². The molecule has 4 heteroatoms. The van der Waals surface area contributed by atoms with Crippen molar-refractivity contribution in [1.29, 1.82) is 0 Å². The lowest BCUT2D eigenvalue weighted by molar-refractivity contribution is -0.0575. The van der Waals surface area contributed by atoms with Crippen LogP contribution in [0.15, 0.2) is 18.2 Å². The van der Waals surface area contributed by atoms with Gasteiger partial charge in [-0.3, -0.25) is 0 Å². The standard InChI is InChI=1S/C19H29NO3/c1-2-15-5-3-6-16-7-4-10-20(19(15)16)13-17(21)14-23-18-8-11-22-12-9-18/h3,5-6,17-18,21H,2,4,7-14H2,1H3. The highest BCUT2D eigenvalue weighted by Gasteiger charge is 2.22. The second-order valence-corrected chi connectivity index (χ2v) is 6.63. The highest BCUT2D eigenvalue weighted by Crippen LogP contribution is 2.31. The first-order chi connectivity index (χ1) is 11.3. The molecule has 1 aromatic rings. The zero-order chi connectivity index (χ0) is 16.1. The van der Waals surface area contributed by atoms with Gasteiger partial charge in [0.25, 0.3) is 0 Å². The predicted molar refractivity (Wildman–Crippen MR) is 92.2 cm³/mol. The molecule has 2 aliphatic rings. The summed E-state index contributed by atoms with van der Waals surface area (Å²) in [7, 11) is 0. The van der Waals surface area contributed by atoms with Crippen LogP contribution in [0, 0.1) is 0 Å². The summed E-state index contributed by atoms with van der Waals surface area (Å²) in [6.45, 7) is 5.86. The number of rotatable bonds is 6. The first-order valence-corrected chi connectivity index (χ1v) is 9.01. The number of nitrogens with zero attached hydrogens (tertiary/aromatic N) is 1. The molecule has 0 aromatic heterocycles. The zero-order valence-corrected chi connectivity index (χ0v) is 14.2. The van der Waals surface area contributed by atoms with Crippen LogP contribution in [0.25, 0.3) is 0 Å². The molecule has 2 aliphatic heterocycles. The van der Waals surface area contributed by atoms with E-state index in [0.717, 1.165) is 51.9 Å². The summed E-state index contributed by atoms with van der Waals surface area (Å²) in [4.78, 5) is 2.36. The average molecular weight is 319 g/mol. The Hall–Kier alpha value is -1.10. The van der Waals surface area contributed by atoms with Crippen LogP contribution in [-0.2, 0) is 22.3 Å². The van der Waals surface area contributed by atoms with Crippen LogP contribution >= 0.6 is 0 Å². The summed E-state index contributed by atoms with van der Waals surface area (Å²) in [5.74, 6) is 0. The third-order valence-electron chi connectivity index (χ3n) is 4.90. The maximum absolute atomic E-state index is 10.4. The quantitative estimate of drug-likeness (QED) is 0.875. The largest absolute Gasteiger partial charge is 0.389 e. The van der Waals surface area contributed by atoms with E-state index in [0.29, 0.717) is 13.2 Å². The number of aryl methyl sites for hydroxylation is 2. The van der Waals surface area contributed by atoms with Crippen molar-refractivity contribution in [3.8, 4) is 0 Å². The molecule has 1 atom stereocenters. The molecule has 23 heavy (non-hydrogen) atoms. The number of β-amino-alcohol motifs (C(OH)–C–C–N with tert-alkyl or cyclic N) is 1. The maximum atomic E-state index is 10.4. The number of anilines is 1. The van der Waals surface area contributed by atoms with Gasteiger partial charge in [-0.05, 0) is 43.2 Å². The van der Waals surface area contributed by atoms with Gasteiger partial charge in [0.2, 0.25) is 0 Å². The summed E-state index contributed by atoms with van der Waals surface area (Å²) >= 11 is 0. The van der Waals surface area contributed by atoms with Crippen molar-refractivity contribution in [2.45, 2.75) is 51.2 Å². The van der Waals surface area contributed by atoms with Crippen LogP contribution in [-0.4, -0.2) is 50.2 Å². The lowest BCUT2D eigenvalue weighted by Crippen LogP contribution is -2.39. The van der Waals surface area contributed by atoms with Crippen LogP contribution in [0.5, 0.6) is 0 Å². The van der Waals surface area contributed by atoms with Gasteiger partial charge >= 0.3 is 0 Å². The highest BCUT2D eigenvalue weighted by atomic mass is 16.5. The summed E-state index contributed by atoms with van der Waals surface area (Å²) in [5, 5.41) is 10.4. The number of aliphatic hydroxyl groups is 1. The molecular weight excluding hydrogens is 290 g/mol. The van der Waals surface area contributed by atoms with Gasteiger partial charge in [-0.2, -0.15) is 0 Å². The van der Waals surface area contributed by atoms with Crippen LogP contribution in [0.2, 0.25) is 0 Å². The third kappa shape index (κ3) is 4.25. The van der Waals surface area contributed by atoms with E-state index in [-0.39, 0.29) is 6.10 Å². The number of hydrogen-bond donors (Lipinski definition) is 1. The van der Waals surface area contributed by atoms with Crippen LogP contribution in [0.4, 0.5) is 5.69 Å². The fourth-order valence-corrected chi connectivity index (χ4v) is 3.69. The number of hydrogen-bond acceptors (Lipinski definition) is 4. The number of ether oxygens (including phenoxy) is 2. The summed E-state index contributed by atoms with van der Waals surface area (Å²) < 4.78 is 11.2. The first kappa shape index (κ1) is 16.7. The van der Waals surface area contributed by atoms with Crippen molar-refractivity contribution in [2.75, 3.05) is 37.8 Å².